The van der Waals surface area contributed by atoms with Crippen molar-refractivity contribution in [3.05, 3.63) is 88.4 Å². The number of sulfonamides is 1. The number of nitrogens with two attached hydrogens (primary N) is 1. The second-order valence-corrected chi connectivity index (χ2v) is 9.24. The Hall–Kier alpha value is -3.36. The summed E-state index contributed by atoms with van der Waals surface area (Å²) in [7, 11) is -3.97. The number of fused-ring (bicyclic) bond motifs is 1. The zero-order valence-electron chi connectivity index (χ0n) is 16.2. The first-order valence-corrected chi connectivity index (χ1v) is 11.2. The van der Waals surface area contributed by atoms with E-state index in [0.29, 0.717) is 24.3 Å². The molecule has 0 radical (unpaired) electrons. The van der Waals surface area contributed by atoms with Gasteiger partial charge in [-0.1, -0.05) is 35.9 Å². The van der Waals surface area contributed by atoms with Crippen LogP contribution in [-0.4, -0.2) is 26.8 Å². The monoisotopic (exact) mass is 455 g/mol. The van der Waals surface area contributed by atoms with Crippen molar-refractivity contribution >= 4 is 44.8 Å². The van der Waals surface area contributed by atoms with E-state index in [1.54, 1.807) is 24.3 Å². The smallest absolute Gasteiger partial charge is 0.265 e. The highest BCUT2D eigenvalue weighted by Gasteiger charge is 2.32. The van der Waals surface area contributed by atoms with Crippen LogP contribution in [0.15, 0.2) is 71.6 Å². The molecule has 1 heterocycles. The quantitative estimate of drug-likeness (QED) is 0.614. The predicted octanol–water partition coefficient (Wildman–Crippen LogP) is 3.44. The molecule has 0 bridgehead atoms. The number of carbonyl (C=O) groups excluding carboxylic acids is 2. The zero-order valence-corrected chi connectivity index (χ0v) is 17.8. The number of rotatable bonds is 5. The minimum Gasteiger partial charge on any atom is -0.366 e. The molecular formula is C22H18ClN3O4S. The van der Waals surface area contributed by atoms with Crippen molar-refractivity contribution in [2.45, 2.75) is 11.3 Å². The maximum atomic E-state index is 13.3. The largest absolute Gasteiger partial charge is 0.366 e. The molecule has 158 valence electrons. The Kier molecular flexibility index (Phi) is 5.43. The second-order valence-electron chi connectivity index (χ2n) is 7.00. The molecule has 3 N–H and O–H groups in total. The molecule has 0 saturated carbocycles. The summed E-state index contributed by atoms with van der Waals surface area (Å²) >= 11 is 6.22. The number of primary amides is 1. The molecule has 0 saturated heterocycles. The number of hydrogen-bond acceptors (Lipinski definition) is 4. The van der Waals surface area contributed by atoms with Gasteiger partial charge in [0.05, 0.1) is 10.7 Å². The molecule has 7 nitrogen and oxygen atoms in total. The molecule has 0 unspecified atom stereocenters. The fraction of sp³-hybridized carbons (Fsp3) is 0.0909. The molecule has 3 aromatic carbocycles. The van der Waals surface area contributed by atoms with Gasteiger partial charge in [-0.05, 0) is 54.4 Å². The number of halogens is 1. The Bertz CT molecular complexity index is 1310. The highest BCUT2D eigenvalue weighted by molar-refractivity contribution is 7.93. The van der Waals surface area contributed by atoms with Crippen LogP contribution in [0.4, 0.5) is 11.4 Å². The van der Waals surface area contributed by atoms with E-state index >= 15 is 0 Å². The highest BCUT2D eigenvalue weighted by atomic mass is 35.5. The Morgan fingerprint density at radius 3 is 2.52 bits per heavy atom. The van der Waals surface area contributed by atoms with Gasteiger partial charge in [0, 0.05) is 23.4 Å². The molecule has 0 atom stereocenters. The predicted molar refractivity (Wildman–Crippen MR) is 119 cm³/mol. The Balaban J connectivity index is 1.65. The Morgan fingerprint density at radius 1 is 0.968 bits per heavy atom. The van der Waals surface area contributed by atoms with Crippen LogP contribution in [0, 0.1) is 0 Å². The third-order valence-corrected chi connectivity index (χ3v) is 7.31. The van der Waals surface area contributed by atoms with Crippen LogP contribution in [0.3, 0.4) is 0 Å². The van der Waals surface area contributed by atoms with E-state index in [0.717, 1.165) is 5.56 Å². The van der Waals surface area contributed by atoms with Crippen LogP contribution < -0.4 is 15.4 Å². The van der Waals surface area contributed by atoms with Crippen molar-refractivity contribution in [3.8, 4) is 0 Å². The fourth-order valence-electron chi connectivity index (χ4n) is 3.47. The van der Waals surface area contributed by atoms with Crippen molar-refractivity contribution in [3.63, 3.8) is 0 Å². The van der Waals surface area contributed by atoms with Crippen molar-refractivity contribution < 1.29 is 18.0 Å². The maximum absolute atomic E-state index is 13.3. The summed E-state index contributed by atoms with van der Waals surface area (Å²) in [6.07, 6.45) is 0.601. The van der Waals surface area contributed by atoms with E-state index in [1.807, 2.05) is 12.1 Å². The lowest BCUT2D eigenvalue weighted by atomic mass is 10.1. The van der Waals surface area contributed by atoms with E-state index in [2.05, 4.69) is 5.32 Å². The number of benzene rings is 3. The summed E-state index contributed by atoms with van der Waals surface area (Å²) < 4.78 is 28.0. The SMILES string of the molecule is NC(=O)c1cccc(NC(=O)c2ccc(Cl)c(S(=O)(=O)N3CCc4ccccc43)c2)c1. The Labute approximate surface area is 184 Å². The van der Waals surface area contributed by atoms with Gasteiger partial charge >= 0.3 is 0 Å². The summed E-state index contributed by atoms with van der Waals surface area (Å²) in [4.78, 5) is 23.9. The van der Waals surface area contributed by atoms with Crippen molar-refractivity contribution in [2.24, 2.45) is 5.73 Å². The fourth-order valence-corrected chi connectivity index (χ4v) is 5.48. The minimum absolute atomic E-state index is 0.0247. The number of amides is 2. The first-order chi connectivity index (χ1) is 14.8. The van der Waals surface area contributed by atoms with Crippen LogP contribution in [-0.2, 0) is 16.4 Å². The molecule has 0 aliphatic carbocycles. The van der Waals surface area contributed by atoms with Gasteiger partial charge in [-0.2, -0.15) is 0 Å². The molecule has 1 aliphatic heterocycles. The van der Waals surface area contributed by atoms with Gasteiger partial charge < -0.3 is 11.1 Å². The normalized spacial score (nSPS) is 13.0. The molecule has 9 heteroatoms. The van der Waals surface area contributed by atoms with E-state index in [9.17, 15) is 18.0 Å². The number of nitrogens with one attached hydrogen (secondary N) is 1. The molecule has 2 amide bonds. The number of nitrogens with zero attached hydrogens (tertiary/aromatic N) is 1. The minimum atomic E-state index is -3.97. The van der Waals surface area contributed by atoms with Gasteiger partial charge in [0.2, 0.25) is 5.91 Å². The molecule has 1 aliphatic rings. The standard InChI is InChI=1S/C22H18ClN3O4S/c23-18-9-8-16(22(28)25-17-6-3-5-15(12-17)21(24)27)13-20(18)31(29,30)26-11-10-14-4-1-2-7-19(14)26/h1-9,12-13H,10-11H2,(H2,24,27)(H,25,28). The summed E-state index contributed by atoms with van der Waals surface area (Å²) in [5, 5.41) is 2.66. The number of hydrogen-bond donors (Lipinski definition) is 2. The van der Waals surface area contributed by atoms with E-state index in [-0.39, 0.29) is 21.0 Å². The van der Waals surface area contributed by atoms with E-state index in [4.69, 9.17) is 17.3 Å². The first kappa shape index (κ1) is 20.9. The summed E-state index contributed by atoms with van der Waals surface area (Å²) in [6.45, 7) is 0.300. The first-order valence-electron chi connectivity index (χ1n) is 9.39. The van der Waals surface area contributed by atoms with Crippen LogP contribution >= 0.6 is 11.6 Å². The lowest BCUT2D eigenvalue weighted by Crippen LogP contribution is -2.29. The summed E-state index contributed by atoms with van der Waals surface area (Å²) in [6, 6.07) is 17.5. The Morgan fingerprint density at radius 2 is 1.74 bits per heavy atom. The maximum Gasteiger partial charge on any atom is 0.265 e. The third-order valence-electron chi connectivity index (χ3n) is 5.01. The third kappa shape index (κ3) is 3.99. The van der Waals surface area contributed by atoms with Crippen molar-refractivity contribution in [2.75, 3.05) is 16.2 Å². The molecule has 0 fully saturated rings. The average Bonchev–Trinajstić information content (AvgIpc) is 3.19. The van der Waals surface area contributed by atoms with Gasteiger partial charge in [-0.15, -0.1) is 0 Å². The van der Waals surface area contributed by atoms with Crippen LogP contribution in [0.5, 0.6) is 0 Å². The lowest BCUT2D eigenvalue weighted by molar-refractivity contribution is 0.0996. The van der Waals surface area contributed by atoms with E-state index in [1.165, 1.54) is 34.6 Å². The number of para-hydroxylation sites is 1. The van der Waals surface area contributed by atoms with Gasteiger partial charge in [0.1, 0.15) is 4.90 Å². The second kappa shape index (κ2) is 8.05. The molecule has 0 spiro atoms. The van der Waals surface area contributed by atoms with Gasteiger partial charge in [0.15, 0.2) is 0 Å². The van der Waals surface area contributed by atoms with Crippen molar-refractivity contribution in [1.29, 1.82) is 0 Å². The lowest BCUT2D eigenvalue weighted by Gasteiger charge is -2.20. The summed E-state index contributed by atoms with van der Waals surface area (Å²) in [5.41, 5.74) is 7.52. The molecule has 0 aromatic heterocycles. The molecular weight excluding hydrogens is 438 g/mol. The molecule has 31 heavy (non-hydrogen) atoms. The van der Waals surface area contributed by atoms with Crippen LogP contribution in [0.1, 0.15) is 26.3 Å². The average molecular weight is 456 g/mol. The van der Waals surface area contributed by atoms with Gasteiger partial charge in [-0.3, -0.25) is 13.9 Å². The number of anilines is 2. The van der Waals surface area contributed by atoms with Gasteiger partial charge in [-0.25, -0.2) is 8.42 Å². The topological polar surface area (TPSA) is 110 Å². The van der Waals surface area contributed by atoms with Crippen LogP contribution in [0.2, 0.25) is 5.02 Å². The molecule has 4 rings (SSSR count). The van der Waals surface area contributed by atoms with Gasteiger partial charge in [0.25, 0.3) is 15.9 Å². The van der Waals surface area contributed by atoms with E-state index < -0.39 is 21.8 Å². The van der Waals surface area contributed by atoms with Crippen molar-refractivity contribution in [1.82, 2.24) is 0 Å². The molecule has 3 aromatic rings. The van der Waals surface area contributed by atoms with Crippen LogP contribution in [0.25, 0.3) is 0 Å². The number of carbonyl (C=O) groups is 2. The summed E-state index contributed by atoms with van der Waals surface area (Å²) in [5.74, 6) is -1.17. The highest BCUT2D eigenvalue weighted by Crippen LogP contribution is 2.35. The zero-order chi connectivity index (χ0) is 22.2.